The van der Waals surface area contributed by atoms with Gasteiger partial charge in [0.1, 0.15) is 0 Å². The van der Waals surface area contributed by atoms with Crippen LogP contribution in [0.5, 0.6) is 0 Å². The van der Waals surface area contributed by atoms with Gasteiger partial charge in [-0.25, -0.2) is 0 Å². The fraction of sp³-hybridized carbons (Fsp3) is 0.300. The second kappa shape index (κ2) is 7.46. The third-order valence-electron chi connectivity index (χ3n) is 1.76. The fourth-order valence-electron chi connectivity index (χ4n) is 1.09. The summed E-state index contributed by atoms with van der Waals surface area (Å²) in [6.45, 7) is 0. The molecule has 0 radical (unpaired) electrons. The molecule has 0 heterocycles. The summed E-state index contributed by atoms with van der Waals surface area (Å²) in [7, 11) is 0. The van der Waals surface area contributed by atoms with E-state index in [4.69, 9.17) is 0 Å². The molecular weight excluding hydrogens is 255 g/mol. The van der Waals surface area contributed by atoms with Gasteiger partial charge in [0.2, 0.25) is 0 Å². The Labute approximate surface area is 114 Å². The van der Waals surface area contributed by atoms with Gasteiger partial charge in [0.05, 0.1) is 0 Å². The van der Waals surface area contributed by atoms with Crippen molar-refractivity contribution in [2.45, 2.75) is 19.3 Å². The number of aliphatic carboxylic acids is 1. The summed E-state index contributed by atoms with van der Waals surface area (Å²) in [5.41, 5.74) is 1.16. The molecule has 0 amide bonds. The van der Waals surface area contributed by atoms with Gasteiger partial charge in [-0.1, -0.05) is 28.1 Å². The molecule has 0 unspecified atom stereocenters. The molecule has 1 rings (SSSR count). The summed E-state index contributed by atoms with van der Waals surface area (Å²) in [5, 5.41) is 10.1. The van der Waals surface area contributed by atoms with Gasteiger partial charge in [-0.3, -0.25) is 0 Å². The van der Waals surface area contributed by atoms with E-state index in [0.717, 1.165) is 16.5 Å². The predicted molar refractivity (Wildman–Crippen MR) is 52.1 cm³/mol. The van der Waals surface area contributed by atoms with Crippen LogP contribution in [0.25, 0.3) is 0 Å². The van der Waals surface area contributed by atoms with Crippen LogP contribution >= 0.6 is 15.9 Å². The smallest absolute Gasteiger partial charge is 0.550 e. The Morgan fingerprint density at radius 2 is 1.86 bits per heavy atom. The number of rotatable bonds is 4. The Morgan fingerprint density at radius 3 is 2.36 bits per heavy atom. The van der Waals surface area contributed by atoms with Gasteiger partial charge in [0.15, 0.2) is 0 Å². The van der Waals surface area contributed by atoms with E-state index >= 15 is 0 Å². The molecule has 0 aromatic heterocycles. The Balaban J connectivity index is 0.00000169. The van der Waals surface area contributed by atoms with E-state index in [9.17, 15) is 9.90 Å². The minimum atomic E-state index is -0.975. The Morgan fingerprint density at radius 1 is 1.29 bits per heavy atom. The number of carboxylic acid groups (broad SMARTS) is 1. The monoisotopic (exact) mass is 264 g/mol. The van der Waals surface area contributed by atoms with Crippen LogP contribution in [0, 0.1) is 0 Å². The molecule has 14 heavy (non-hydrogen) atoms. The van der Waals surface area contributed by atoms with Crippen molar-refractivity contribution in [1.29, 1.82) is 0 Å². The maximum Gasteiger partial charge on any atom is 1.00 e. The van der Waals surface area contributed by atoms with Gasteiger partial charge < -0.3 is 9.90 Å². The number of hydrogen-bond acceptors (Lipinski definition) is 2. The van der Waals surface area contributed by atoms with E-state index in [-0.39, 0.29) is 36.0 Å². The maximum absolute atomic E-state index is 10.1. The van der Waals surface area contributed by atoms with Crippen LogP contribution in [0.15, 0.2) is 28.7 Å². The van der Waals surface area contributed by atoms with Crippen LogP contribution in [0.2, 0.25) is 0 Å². The molecule has 70 valence electrons. The molecule has 0 bridgehead atoms. The molecule has 1 aromatic carbocycles. The van der Waals surface area contributed by atoms with Gasteiger partial charge in [0.25, 0.3) is 0 Å². The quantitative estimate of drug-likeness (QED) is 0.623. The second-order valence-electron chi connectivity index (χ2n) is 2.85. The number of halogens is 1. The molecule has 0 atom stereocenters. The van der Waals surface area contributed by atoms with E-state index in [2.05, 4.69) is 15.9 Å². The molecular formula is C10H10BrNaO2. The molecule has 2 nitrogen and oxygen atoms in total. The van der Waals surface area contributed by atoms with E-state index in [1.165, 1.54) is 0 Å². The topological polar surface area (TPSA) is 40.1 Å². The van der Waals surface area contributed by atoms with Crippen LogP contribution in [0.3, 0.4) is 0 Å². The number of hydrogen-bond donors (Lipinski definition) is 0. The summed E-state index contributed by atoms with van der Waals surface area (Å²) in [5.74, 6) is -0.975. The first kappa shape index (κ1) is 14.2. The molecule has 0 N–H and O–H groups in total. The molecule has 0 spiro atoms. The molecule has 1 aromatic rings. The third-order valence-corrected chi connectivity index (χ3v) is 2.29. The van der Waals surface area contributed by atoms with E-state index in [1.807, 2.05) is 24.3 Å². The van der Waals surface area contributed by atoms with Crippen molar-refractivity contribution in [3.63, 3.8) is 0 Å². The van der Waals surface area contributed by atoms with Crippen molar-refractivity contribution in [3.8, 4) is 0 Å². The van der Waals surface area contributed by atoms with E-state index in [0.29, 0.717) is 6.42 Å². The molecule has 0 fully saturated rings. The van der Waals surface area contributed by atoms with Gasteiger partial charge in [-0.2, -0.15) is 0 Å². The van der Waals surface area contributed by atoms with Crippen LogP contribution in [0.1, 0.15) is 18.4 Å². The average Bonchev–Trinajstić information content (AvgIpc) is 2.08. The van der Waals surface area contributed by atoms with Gasteiger partial charge >= 0.3 is 29.6 Å². The molecule has 0 saturated heterocycles. The van der Waals surface area contributed by atoms with Crippen LogP contribution in [0.4, 0.5) is 0 Å². The SMILES string of the molecule is O=C([O-])CCCc1ccc(Br)cc1.[Na+]. The zero-order valence-corrected chi connectivity index (χ0v) is 11.7. The zero-order chi connectivity index (χ0) is 9.68. The standard InChI is InChI=1S/C10H11BrO2.Na/c11-9-6-4-8(5-7-9)2-1-3-10(12)13;/h4-7H,1-3H2,(H,12,13);/q;+1/p-1. The van der Waals surface area contributed by atoms with Crippen molar-refractivity contribution < 1.29 is 39.5 Å². The summed E-state index contributed by atoms with van der Waals surface area (Å²) in [6, 6.07) is 7.88. The Kier molecular flexibility index (Phi) is 7.55. The summed E-state index contributed by atoms with van der Waals surface area (Å²) in [6.07, 6.45) is 1.57. The number of aryl methyl sites for hydroxylation is 1. The second-order valence-corrected chi connectivity index (χ2v) is 3.77. The summed E-state index contributed by atoms with van der Waals surface area (Å²) in [4.78, 5) is 10.1. The number of carboxylic acids is 1. The minimum Gasteiger partial charge on any atom is -0.550 e. The molecule has 0 aliphatic heterocycles. The first-order chi connectivity index (χ1) is 6.18. The first-order valence-electron chi connectivity index (χ1n) is 4.13. The number of benzene rings is 1. The molecule has 4 heteroatoms. The third kappa shape index (κ3) is 5.81. The summed E-state index contributed by atoms with van der Waals surface area (Å²) >= 11 is 3.33. The van der Waals surface area contributed by atoms with E-state index < -0.39 is 5.97 Å². The van der Waals surface area contributed by atoms with Gasteiger partial charge in [-0.15, -0.1) is 0 Å². The van der Waals surface area contributed by atoms with Crippen molar-refractivity contribution in [1.82, 2.24) is 0 Å². The Hall–Kier alpha value is 0.170. The predicted octanol–water partition coefficient (Wildman–Crippen LogP) is -1.47. The average molecular weight is 265 g/mol. The van der Waals surface area contributed by atoms with Crippen molar-refractivity contribution in [3.05, 3.63) is 34.3 Å². The molecule has 0 saturated carbocycles. The maximum atomic E-state index is 10.1. The fourth-order valence-corrected chi connectivity index (χ4v) is 1.35. The Bertz CT molecular complexity index is 285. The van der Waals surface area contributed by atoms with Gasteiger partial charge in [-0.05, 0) is 37.0 Å². The molecule has 0 aliphatic carbocycles. The van der Waals surface area contributed by atoms with Crippen molar-refractivity contribution in [2.24, 2.45) is 0 Å². The first-order valence-corrected chi connectivity index (χ1v) is 4.92. The number of carbonyl (C=O) groups is 1. The van der Waals surface area contributed by atoms with Crippen LogP contribution in [-0.2, 0) is 11.2 Å². The summed E-state index contributed by atoms with van der Waals surface area (Å²) < 4.78 is 1.04. The normalized spacial score (nSPS) is 9.21. The molecule has 0 aliphatic rings. The van der Waals surface area contributed by atoms with Crippen molar-refractivity contribution >= 4 is 21.9 Å². The minimum absolute atomic E-state index is 0. The number of carbonyl (C=O) groups excluding carboxylic acids is 1. The largest absolute Gasteiger partial charge is 1.00 e. The van der Waals surface area contributed by atoms with Crippen molar-refractivity contribution in [2.75, 3.05) is 0 Å². The van der Waals surface area contributed by atoms with Crippen LogP contribution < -0.4 is 34.7 Å². The van der Waals surface area contributed by atoms with E-state index in [1.54, 1.807) is 0 Å². The van der Waals surface area contributed by atoms with Gasteiger partial charge in [0, 0.05) is 10.4 Å². The zero-order valence-electron chi connectivity index (χ0n) is 8.13. The van der Waals surface area contributed by atoms with Crippen LogP contribution in [-0.4, -0.2) is 5.97 Å².